The van der Waals surface area contributed by atoms with Gasteiger partial charge in [0.25, 0.3) is 0 Å². The van der Waals surface area contributed by atoms with Crippen LogP contribution in [0.1, 0.15) is 114 Å². The molecule has 1 aliphatic carbocycles. The van der Waals surface area contributed by atoms with Gasteiger partial charge in [0.1, 0.15) is 0 Å². The van der Waals surface area contributed by atoms with E-state index in [4.69, 9.17) is 0 Å². The molecular formula is C30H44. The zero-order valence-corrected chi connectivity index (χ0v) is 19.5. The van der Waals surface area contributed by atoms with Gasteiger partial charge in [-0.2, -0.15) is 0 Å². The fourth-order valence-corrected chi connectivity index (χ4v) is 5.64. The van der Waals surface area contributed by atoms with E-state index in [-0.39, 0.29) is 5.41 Å². The van der Waals surface area contributed by atoms with E-state index in [0.717, 1.165) is 5.92 Å². The summed E-state index contributed by atoms with van der Waals surface area (Å²) in [5.41, 5.74) is 3.28. The predicted octanol–water partition coefficient (Wildman–Crippen LogP) is 9.47. The molecule has 0 heteroatoms. The van der Waals surface area contributed by atoms with E-state index in [2.05, 4.69) is 67.6 Å². The molecule has 164 valence electrons. The summed E-state index contributed by atoms with van der Waals surface area (Å²) in [6.45, 7) is 2.30. The summed E-state index contributed by atoms with van der Waals surface area (Å²) in [4.78, 5) is 0. The number of rotatable bonds is 13. The molecule has 0 saturated heterocycles. The fraction of sp³-hybridized carbons (Fsp3) is 0.600. The normalized spacial score (nSPS) is 16.6. The quantitative estimate of drug-likeness (QED) is 0.291. The van der Waals surface area contributed by atoms with E-state index in [9.17, 15) is 0 Å². The number of unbranched alkanes of at least 4 members (excludes halogenated alkanes) is 9. The van der Waals surface area contributed by atoms with Gasteiger partial charge in [0.05, 0.1) is 0 Å². The van der Waals surface area contributed by atoms with Gasteiger partial charge in [-0.05, 0) is 42.7 Å². The van der Waals surface area contributed by atoms with Gasteiger partial charge in [0, 0.05) is 5.41 Å². The molecule has 0 atom stereocenters. The molecule has 0 bridgehead atoms. The molecule has 2 aromatic carbocycles. The van der Waals surface area contributed by atoms with Crippen LogP contribution >= 0.6 is 0 Å². The van der Waals surface area contributed by atoms with E-state index < -0.39 is 0 Å². The monoisotopic (exact) mass is 404 g/mol. The van der Waals surface area contributed by atoms with Crippen LogP contribution in [0, 0.1) is 5.92 Å². The second-order valence-corrected chi connectivity index (χ2v) is 9.73. The Bertz CT molecular complexity index is 622. The second kappa shape index (κ2) is 13.0. The highest BCUT2D eigenvalue weighted by Crippen LogP contribution is 2.47. The number of hydrogen-bond donors (Lipinski definition) is 0. The molecule has 1 saturated carbocycles. The third-order valence-electron chi connectivity index (χ3n) is 7.58. The van der Waals surface area contributed by atoms with Crippen molar-refractivity contribution in [1.82, 2.24) is 0 Å². The minimum Gasteiger partial charge on any atom is -0.0654 e. The SMILES string of the molecule is CCCCCCCCCCCCC1CCC(c2ccccc2)(c2ccccc2)CC1. The Balaban J connectivity index is 1.40. The summed E-state index contributed by atoms with van der Waals surface area (Å²) in [7, 11) is 0. The van der Waals surface area contributed by atoms with Crippen LogP contribution in [0.5, 0.6) is 0 Å². The van der Waals surface area contributed by atoms with Crippen molar-refractivity contribution in [2.75, 3.05) is 0 Å². The average molecular weight is 405 g/mol. The van der Waals surface area contributed by atoms with Crippen molar-refractivity contribution in [2.45, 2.75) is 109 Å². The molecule has 0 radical (unpaired) electrons. The van der Waals surface area contributed by atoms with Crippen LogP contribution in [0.25, 0.3) is 0 Å². The fourth-order valence-electron chi connectivity index (χ4n) is 5.64. The van der Waals surface area contributed by atoms with Gasteiger partial charge in [-0.15, -0.1) is 0 Å². The largest absolute Gasteiger partial charge is 0.0654 e. The lowest BCUT2D eigenvalue weighted by Crippen LogP contribution is -2.33. The summed E-state index contributed by atoms with van der Waals surface area (Å²) in [5.74, 6) is 0.944. The molecule has 2 aromatic rings. The van der Waals surface area contributed by atoms with Crippen LogP contribution in [-0.2, 0) is 5.41 Å². The van der Waals surface area contributed by atoms with Crippen LogP contribution in [0.2, 0.25) is 0 Å². The van der Waals surface area contributed by atoms with Gasteiger partial charge in [-0.25, -0.2) is 0 Å². The van der Waals surface area contributed by atoms with Crippen molar-refractivity contribution in [1.29, 1.82) is 0 Å². The summed E-state index contributed by atoms with van der Waals surface area (Å²) < 4.78 is 0. The minimum atomic E-state index is 0.233. The second-order valence-electron chi connectivity index (χ2n) is 9.73. The van der Waals surface area contributed by atoms with Gasteiger partial charge in [-0.3, -0.25) is 0 Å². The molecule has 0 unspecified atom stereocenters. The molecule has 30 heavy (non-hydrogen) atoms. The maximum atomic E-state index is 2.36. The maximum Gasteiger partial charge on any atom is 0.0203 e. The summed E-state index contributed by atoms with van der Waals surface area (Å²) in [6.07, 6.45) is 21.3. The Hall–Kier alpha value is -1.56. The first-order valence-corrected chi connectivity index (χ1v) is 13.0. The van der Waals surface area contributed by atoms with Crippen LogP contribution in [0.4, 0.5) is 0 Å². The van der Waals surface area contributed by atoms with Gasteiger partial charge in [0.15, 0.2) is 0 Å². The maximum absolute atomic E-state index is 2.36. The van der Waals surface area contributed by atoms with Gasteiger partial charge in [0.2, 0.25) is 0 Å². The van der Waals surface area contributed by atoms with Gasteiger partial charge in [-0.1, -0.05) is 138 Å². The van der Waals surface area contributed by atoms with Gasteiger partial charge >= 0.3 is 0 Å². The van der Waals surface area contributed by atoms with Crippen LogP contribution in [0.3, 0.4) is 0 Å². The Morgan fingerprint density at radius 2 is 1.03 bits per heavy atom. The molecule has 0 aromatic heterocycles. The Morgan fingerprint density at radius 3 is 1.50 bits per heavy atom. The van der Waals surface area contributed by atoms with Crippen molar-refractivity contribution < 1.29 is 0 Å². The van der Waals surface area contributed by atoms with E-state index in [0.29, 0.717) is 0 Å². The Kier molecular flexibility index (Phi) is 10.0. The Morgan fingerprint density at radius 1 is 0.600 bits per heavy atom. The highest BCUT2D eigenvalue weighted by atomic mass is 14.4. The molecule has 0 N–H and O–H groups in total. The summed E-state index contributed by atoms with van der Waals surface area (Å²) >= 11 is 0. The zero-order valence-electron chi connectivity index (χ0n) is 19.5. The molecule has 1 aliphatic rings. The van der Waals surface area contributed by atoms with E-state index in [1.165, 1.54) is 107 Å². The van der Waals surface area contributed by atoms with Crippen molar-refractivity contribution >= 4 is 0 Å². The molecule has 3 rings (SSSR count). The average Bonchev–Trinajstić information content (AvgIpc) is 2.82. The minimum absolute atomic E-state index is 0.233. The molecule has 0 aliphatic heterocycles. The van der Waals surface area contributed by atoms with Gasteiger partial charge < -0.3 is 0 Å². The van der Waals surface area contributed by atoms with E-state index in [1.807, 2.05) is 0 Å². The first-order chi connectivity index (χ1) is 14.8. The number of hydrogen-bond acceptors (Lipinski definition) is 0. The highest BCUT2D eigenvalue weighted by Gasteiger charge is 2.37. The van der Waals surface area contributed by atoms with E-state index >= 15 is 0 Å². The van der Waals surface area contributed by atoms with Crippen molar-refractivity contribution in [3.05, 3.63) is 71.8 Å². The molecule has 0 amide bonds. The third-order valence-corrected chi connectivity index (χ3v) is 7.58. The van der Waals surface area contributed by atoms with Crippen LogP contribution < -0.4 is 0 Å². The van der Waals surface area contributed by atoms with Crippen molar-refractivity contribution in [3.63, 3.8) is 0 Å². The molecular weight excluding hydrogens is 360 g/mol. The molecule has 0 nitrogen and oxygen atoms in total. The lowest BCUT2D eigenvalue weighted by molar-refractivity contribution is 0.250. The lowest BCUT2D eigenvalue weighted by atomic mass is 9.62. The zero-order chi connectivity index (χ0) is 20.9. The molecule has 1 fully saturated rings. The Labute approximate surface area is 186 Å². The summed E-state index contributed by atoms with van der Waals surface area (Å²) in [5, 5.41) is 0. The first-order valence-electron chi connectivity index (χ1n) is 13.0. The standard InChI is InChI=1S/C30H44/c1-2-3-4-5-6-7-8-9-10-13-18-27-23-25-30(26-24-27,28-19-14-11-15-20-28)29-21-16-12-17-22-29/h11-12,14-17,19-22,27H,2-10,13,18,23-26H2,1H3. The third kappa shape index (κ3) is 6.73. The van der Waals surface area contributed by atoms with Crippen molar-refractivity contribution in [3.8, 4) is 0 Å². The first kappa shape index (κ1) is 23.1. The van der Waals surface area contributed by atoms with E-state index in [1.54, 1.807) is 0 Å². The lowest BCUT2D eigenvalue weighted by Gasteiger charge is -2.41. The predicted molar refractivity (Wildman–Crippen MR) is 132 cm³/mol. The smallest absolute Gasteiger partial charge is 0.0203 e. The number of benzene rings is 2. The topological polar surface area (TPSA) is 0 Å². The van der Waals surface area contributed by atoms with Crippen molar-refractivity contribution in [2.24, 2.45) is 5.92 Å². The molecule has 0 spiro atoms. The molecule has 0 heterocycles. The van der Waals surface area contributed by atoms with Crippen LogP contribution in [0.15, 0.2) is 60.7 Å². The van der Waals surface area contributed by atoms with Crippen LogP contribution in [-0.4, -0.2) is 0 Å². The highest BCUT2D eigenvalue weighted by molar-refractivity contribution is 5.39. The summed E-state index contributed by atoms with van der Waals surface area (Å²) in [6, 6.07) is 22.6.